The molecule has 1 aromatic heterocycles. The van der Waals surface area contributed by atoms with Gasteiger partial charge in [-0.25, -0.2) is 0 Å². The fourth-order valence-electron chi connectivity index (χ4n) is 0.864. The first-order valence-electron chi connectivity index (χ1n) is 4.22. The lowest BCUT2D eigenvalue weighted by molar-refractivity contribution is 0.523. The highest BCUT2D eigenvalue weighted by Gasteiger charge is 1.90. The molecule has 0 aromatic carbocycles. The van der Waals surface area contributed by atoms with E-state index in [-0.39, 0.29) is 0 Å². The molecule has 0 aliphatic rings. The van der Waals surface area contributed by atoms with E-state index in [1.165, 1.54) is 0 Å². The van der Waals surface area contributed by atoms with E-state index in [2.05, 4.69) is 25.7 Å². The Morgan fingerprint density at radius 1 is 1.58 bits per heavy atom. The third kappa shape index (κ3) is 3.73. The minimum absolute atomic E-state index is 0.776. The first kappa shape index (κ1) is 9.54. The van der Waals surface area contributed by atoms with Crippen molar-refractivity contribution in [2.75, 3.05) is 0 Å². The van der Waals surface area contributed by atoms with Crippen molar-refractivity contribution in [2.45, 2.75) is 25.9 Å². The summed E-state index contributed by atoms with van der Waals surface area (Å²) >= 11 is 0. The lowest BCUT2D eigenvalue weighted by Crippen LogP contribution is -1.78. The topological polar surface area (TPSA) is 13.1 Å². The van der Waals surface area contributed by atoms with Gasteiger partial charge in [0, 0.05) is 6.42 Å². The van der Waals surface area contributed by atoms with Crippen molar-refractivity contribution in [1.29, 1.82) is 0 Å². The van der Waals surface area contributed by atoms with E-state index < -0.39 is 0 Å². The smallest absolute Gasteiger partial charge is 0.107 e. The largest absolute Gasteiger partial charge is 0.469 e. The van der Waals surface area contributed by atoms with Crippen LogP contribution < -0.4 is 0 Å². The molecule has 1 rings (SSSR count). The number of furan rings is 1. The zero-order valence-corrected chi connectivity index (χ0v) is 8.58. The highest BCUT2D eigenvalue weighted by atomic mass is 31.1. The molecule has 0 aliphatic carbocycles. The average Bonchev–Trinajstić information content (AvgIpc) is 2.49. The molecule has 0 bridgehead atoms. The van der Waals surface area contributed by atoms with Crippen LogP contribution in [0.15, 0.2) is 34.7 Å². The minimum atomic E-state index is 0.776. The maximum Gasteiger partial charge on any atom is 0.107 e. The van der Waals surface area contributed by atoms with Crippen LogP contribution in [0.5, 0.6) is 0 Å². The van der Waals surface area contributed by atoms with Crippen LogP contribution >= 0.6 is 8.58 Å². The third-order valence-corrected chi connectivity index (χ3v) is 2.54. The first-order chi connectivity index (χ1) is 5.79. The molecule has 1 unspecified atom stereocenters. The quantitative estimate of drug-likeness (QED) is 0.650. The second kappa shape index (κ2) is 5.16. The van der Waals surface area contributed by atoms with Crippen LogP contribution in [-0.2, 0) is 6.42 Å². The normalized spacial score (nSPS) is 12.6. The van der Waals surface area contributed by atoms with Crippen LogP contribution in [-0.4, -0.2) is 5.66 Å². The number of hydrogen-bond acceptors (Lipinski definition) is 1. The molecule has 12 heavy (non-hydrogen) atoms. The molecule has 0 amide bonds. The van der Waals surface area contributed by atoms with Crippen molar-refractivity contribution < 1.29 is 4.42 Å². The Balaban J connectivity index is 2.22. The van der Waals surface area contributed by atoms with E-state index >= 15 is 0 Å². The number of rotatable bonds is 4. The van der Waals surface area contributed by atoms with Crippen LogP contribution in [0.3, 0.4) is 0 Å². The zero-order chi connectivity index (χ0) is 8.81. The van der Waals surface area contributed by atoms with Gasteiger partial charge >= 0.3 is 0 Å². The maximum absolute atomic E-state index is 5.19. The van der Waals surface area contributed by atoms with Gasteiger partial charge in [-0.2, -0.15) is 0 Å². The second-order valence-electron chi connectivity index (χ2n) is 3.01. The van der Waals surface area contributed by atoms with E-state index in [0.717, 1.165) is 26.4 Å². The van der Waals surface area contributed by atoms with Crippen LogP contribution in [0.4, 0.5) is 0 Å². The van der Waals surface area contributed by atoms with Crippen LogP contribution in [0.25, 0.3) is 0 Å². The summed E-state index contributed by atoms with van der Waals surface area (Å²) in [5, 5.41) is 0. The van der Waals surface area contributed by atoms with Gasteiger partial charge in [-0.05, 0) is 17.8 Å². The number of hydrogen-bond donors (Lipinski definition) is 0. The van der Waals surface area contributed by atoms with Gasteiger partial charge in [-0.3, -0.25) is 0 Å². The summed E-state index contributed by atoms with van der Waals surface area (Å²) < 4.78 is 5.19. The maximum atomic E-state index is 5.19. The summed E-state index contributed by atoms with van der Waals surface area (Å²) in [6, 6.07) is 3.93. The molecule has 0 spiro atoms. The minimum Gasteiger partial charge on any atom is -0.469 e. The molecule has 0 fully saturated rings. The van der Waals surface area contributed by atoms with Gasteiger partial charge in [0.25, 0.3) is 0 Å². The predicted octanol–water partition coefficient (Wildman–Crippen LogP) is 3.42. The highest BCUT2D eigenvalue weighted by molar-refractivity contribution is 7.42. The molecule has 0 aliphatic heterocycles. The lowest BCUT2D eigenvalue weighted by atomic mass is 10.3. The van der Waals surface area contributed by atoms with Gasteiger partial charge in [-0.1, -0.05) is 34.3 Å². The van der Waals surface area contributed by atoms with E-state index in [0.29, 0.717) is 0 Å². The fraction of sp³-hybridized carbons (Fsp3) is 0.400. The molecule has 1 nitrogen and oxygen atoms in total. The van der Waals surface area contributed by atoms with Crippen molar-refractivity contribution in [3.63, 3.8) is 0 Å². The van der Waals surface area contributed by atoms with E-state index in [1.807, 2.05) is 12.1 Å². The summed E-state index contributed by atoms with van der Waals surface area (Å²) in [6.45, 7) is 4.46. The zero-order valence-electron chi connectivity index (χ0n) is 7.58. The third-order valence-electron chi connectivity index (χ3n) is 1.45. The van der Waals surface area contributed by atoms with Crippen molar-refractivity contribution in [3.05, 3.63) is 36.0 Å². The molecule has 0 saturated carbocycles. The van der Waals surface area contributed by atoms with Gasteiger partial charge < -0.3 is 4.42 Å². The fourth-order valence-corrected chi connectivity index (χ4v) is 1.50. The van der Waals surface area contributed by atoms with E-state index in [4.69, 9.17) is 4.42 Å². The average molecular weight is 182 g/mol. The predicted molar refractivity (Wildman–Crippen MR) is 55.0 cm³/mol. The molecule has 66 valence electrons. The van der Waals surface area contributed by atoms with Gasteiger partial charge in [0.15, 0.2) is 0 Å². The van der Waals surface area contributed by atoms with Gasteiger partial charge in [-0.15, -0.1) is 0 Å². The van der Waals surface area contributed by atoms with E-state index in [1.54, 1.807) is 6.26 Å². The lowest BCUT2D eigenvalue weighted by Gasteiger charge is -1.96. The Hall–Kier alpha value is -0.550. The van der Waals surface area contributed by atoms with Gasteiger partial charge in [0.1, 0.15) is 5.76 Å². The van der Waals surface area contributed by atoms with Crippen molar-refractivity contribution in [1.82, 2.24) is 0 Å². The molecular formula is C10H15OP. The van der Waals surface area contributed by atoms with E-state index in [9.17, 15) is 0 Å². The van der Waals surface area contributed by atoms with Crippen LogP contribution in [0.1, 0.15) is 19.6 Å². The molecule has 0 N–H and O–H groups in total. The molecular weight excluding hydrogens is 167 g/mol. The Labute approximate surface area is 75.6 Å². The van der Waals surface area contributed by atoms with Crippen molar-refractivity contribution >= 4 is 8.58 Å². The van der Waals surface area contributed by atoms with Crippen molar-refractivity contribution in [2.24, 2.45) is 0 Å². The molecule has 0 radical (unpaired) electrons. The Morgan fingerprint density at radius 3 is 3.00 bits per heavy atom. The monoisotopic (exact) mass is 182 g/mol. The Bertz CT molecular complexity index is 224. The van der Waals surface area contributed by atoms with Crippen molar-refractivity contribution in [3.8, 4) is 0 Å². The first-order valence-corrected chi connectivity index (χ1v) is 5.38. The molecule has 1 atom stereocenters. The van der Waals surface area contributed by atoms with Crippen LogP contribution in [0, 0.1) is 0 Å². The SMILES string of the molecule is CC(C)PC=CCc1ccco1. The Kier molecular flexibility index (Phi) is 4.10. The summed E-state index contributed by atoms with van der Waals surface area (Å²) in [5.74, 6) is 3.28. The highest BCUT2D eigenvalue weighted by Crippen LogP contribution is 2.19. The second-order valence-corrected chi connectivity index (χ2v) is 4.83. The molecule has 1 aromatic rings. The standard InChI is InChI=1S/C10H15OP/c1-9(2)12-8-4-6-10-5-3-7-11-10/h3-5,7-9,12H,6H2,1-2H3. The number of allylic oxidation sites excluding steroid dienone is 1. The summed E-state index contributed by atoms with van der Waals surface area (Å²) in [7, 11) is 0.928. The molecule has 0 saturated heterocycles. The molecule has 1 heterocycles. The van der Waals surface area contributed by atoms with Crippen LogP contribution in [0.2, 0.25) is 0 Å². The summed E-state index contributed by atoms with van der Waals surface area (Å²) in [5.41, 5.74) is 0.776. The van der Waals surface area contributed by atoms with Gasteiger partial charge in [0.05, 0.1) is 6.26 Å². The molecule has 2 heteroatoms. The Morgan fingerprint density at radius 2 is 2.42 bits per heavy atom. The van der Waals surface area contributed by atoms with Gasteiger partial charge in [0.2, 0.25) is 0 Å². The summed E-state index contributed by atoms with van der Waals surface area (Å²) in [6.07, 6.45) is 4.82. The summed E-state index contributed by atoms with van der Waals surface area (Å²) in [4.78, 5) is 0.